The molecular weight excluding hydrogens is 402 g/mol. The summed E-state index contributed by atoms with van der Waals surface area (Å²) in [5.74, 6) is 0.501. The summed E-state index contributed by atoms with van der Waals surface area (Å²) >= 11 is 0. The van der Waals surface area contributed by atoms with Crippen molar-refractivity contribution in [3.05, 3.63) is 66.2 Å². The zero-order valence-electron chi connectivity index (χ0n) is 16.5. The molecule has 0 amide bonds. The molecule has 1 aromatic heterocycles. The van der Waals surface area contributed by atoms with E-state index in [-0.39, 0.29) is 40.7 Å². The number of aromatic hydroxyl groups is 2. The van der Waals surface area contributed by atoms with Crippen molar-refractivity contribution >= 4 is 22.6 Å². The predicted octanol–water partition coefficient (Wildman–Crippen LogP) is 5.28. The lowest BCUT2D eigenvalue weighted by Gasteiger charge is -2.07. The van der Waals surface area contributed by atoms with E-state index in [0.29, 0.717) is 22.4 Å². The predicted molar refractivity (Wildman–Crippen MR) is 113 cm³/mol. The second kappa shape index (κ2) is 8.29. The molecule has 0 atom stereocenters. The smallest absolute Gasteiger partial charge is 0.342 e. The number of carbonyl (C=O) groups excluding carboxylic acids is 1. The van der Waals surface area contributed by atoms with Crippen molar-refractivity contribution in [2.24, 2.45) is 0 Å². The van der Waals surface area contributed by atoms with Crippen LogP contribution in [0.4, 0.5) is 5.69 Å². The minimum Gasteiger partial charge on any atom is -0.508 e. The van der Waals surface area contributed by atoms with Crippen LogP contribution in [-0.2, 0) is 4.74 Å². The van der Waals surface area contributed by atoms with E-state index in [2.05, 4.69) is 0 Å². The lowest BCUT2D eigenvalue weighted by atomic mass is 10.0. The Morgan fingerprint density at radius 2 is 1.81 bits per heavy atom. The van der Waals surface area contributed by atoms with Gasteiger partial charge in [0.2, 0.25) is 0 Å². The number of phenolic OH excluding ortho intramolecular Hbond substituents is 2. The molecule has 0 unspecified atom stereocenters. The lowest BCUT2D eigenvalue weighted by Crippen LogP contribution is -2.05. The standard InChI is InChI=1S/C23H19NO7/c1-2-29-23(27)21-17-11-19(26)18(24-28)12-20(17)31-22(21)13-6-8-15(9-7-13)30-16-5-3-4-14(25)10-16/h3-12,24-26,28H,2H2,1H3. The van der Waals surface area contributed by atoms with Crippen LogP contribution in [0.25, 0.3) is 22.3 Å². The summed E-state index contributed by atoms with van der Waals surface area (Å²) in [4.78, 5) is 12.6. The number of fused-ring (bicyclic) bond motifs is 1. The number of carbonyl (C=O) groups is 1. The van der Waals surface area contributed by atoms with E-state index >= 15 is 0 Å². The van der Waals surface area contributed by atoms with E-state index in [0.717, 1.165) is 0 Å². The first kappa shape index (κ1) is 20.1. The second-order valence-electron chi connectivity index (χ2n) is 6.63. The van der Waals surface area contributed by atoms with Gasteiger partial charge in [-0.1, -0.05) is 6.07 Å². The molecule has 0 aliphatic rings. The minimum atomic E-state index is -0.597. The van der Waals surface area contributed by atoms with Gasteiger partial charge in [-0.15, -0.1) is 0 Å². The number of benzene rings is 3. The summed E-state index contributed by atoms with van der Waals surface area (Å²) in [5.41, 5.74) is 2.96. The Labute approximate surface area is 176 Å². The fourth-order valence-electron chi connectivity index (χ4n) is 3.19. The molecule has 0 spiro atoms. The van der Waals surface area contributed by atoms with Gasteiger partial charge in [0.05, 0.1) is 6.61 Å². The number of hydrogen-bond donors (Lipinski definition) is 4. The fourth-order valence-corrected chi connectivity index (χ4v) is 3.19. The van der Waals surface area contributed by atoms with Crippen LogP contribution in [0.3, 0.4) is 0 Å². The number of esters is 1. The van der Waals surface area contributed by atoms with Gasteiger partial charge < -0.3 is 24.1 Å². The topological polar surface area (TPSA) is 121 Å². The molecule has 0 bridgehead atoms. The molecule has 1 heterocycles. The average Bonchev–Trinajstić information content (AvgIpc) is 3.12. The van der Waals surface area contributed by atoms with Crippen molar-refractivity contribution in [3.8, 4) is 34.3 Å². The van der Waals surface area contributed by atoms with Gasteiger partial charge in [0.25, 0.3) is 0 Å². The molecule has 31 heavy (non-hydrogen) atoms. The molecule has 4 aromatic rings. The van der Waals surface area contributed by atoms with Crippen LogP contribution in [0, 0.1) is 0 Å². The number of nitrogens with one attached hydrogen (secondary N) is 1. The molecule has 0 radical (unpaired) electrons. The van der Waals surface area contributed by atoms with E-state index in [1.54, 1.807) is 49.4 Å². The number of ether oxygens (including phenoxy) is 2. The van der Waals surface area contributed by atoms with Crippen LogP contribution < -0.4 is 10.2 Å². The van der Waals surface area contributed by atoms with Crippen LogP contribution in [0.1, 0.15) is 17.3 Å². The van der Waals surface area contributed by atoms with Gasteiger partial charge in [0.1, 0.15) is 45.6 Å². The van der Waals surface area contributed by atoms with Crippen LogP contribution >= 0.6 is 0 Å². The highest BCUT2D eigenvalue weighted by Gasteiger charge is 2.24. The first-order chi connectivity index (χ1) is 15.0. The van der Waals surface area contributed by atoms with Crippen molar-refractivity contribution in [1.82, 2.24) is 0 Å². The summed E-state index contributed by atoms with van der Waals surface area (Å²) in [6.45, 7) is 1.86. The van der Waals surface area contributed by atoms with Gasteiger partial charge in [0.15, 0.2) is 0 Å². The fraction of sp³-hybridized carbons (Fsp3) is 0.0870. The minimum absolute atomic E-state index is 0.0399. The van der Waals surface area contributed by atoms with Crippen molar-refractivity contribution in [2.75, 3.05) is 12.1 Å². The average molecular weight is 421 g/mol. The zero-order valence-corrected chi connectivity index (χ0v) is 16.5. The van der Waals surface area contributed by atoms with Crippen LogP contribution in [-0.4, -0.2) is 28.0 Å². The molecule has 8 heteroatoms. The molecule has 3 aromatic carbocycles. The van der Waals surface area contributed by atoms with Gasteiger partial charge in [-0.25, -0.2) is 4.79 Å². The maximum Gasteiger partial charge on any atom is 0.342 e. The van der Waals surface area contributed by atoms with E-state index < -0.39 is 5.97 Å². The van der Waals surface area contributed by atoms with Crippen LogP contribution in [0.15, 0.2) is 65.1 Å². The van der Waals surface area contributed by atoms with Gasteiger partial charge >= 0.3 is 5.97 Å². The highest BCUT2D eigenvalue weighted by atomic mass is 16.5. The molecule has 0 aliphatic heterocycles. The number of rotatable bonds is 6. The first-order valence-corrected chi connectivity index (χ1v) is 9.44. The Bertz CT molecular complexity index is 1250. The van der Waals surface area contributed by atoms with Crippen molar-refractivity contribution in [3.63, 3.8) is 0 Å². The summed E-state index contributed by atoms with van der Waals surface area (Å²) in [7, 11) is 0. The summed E-state index contributed by atoms with van der Waals surface area (Å²) < 4.78 is 16.8. The monoisotopic (exact) mass is 421 g/mol. The number of anilines is 1. The quantitative estimate of drug-likeness (QED) is 0.188. The molecule has 4 rings (SSSR count). The maximum atomic E-state index is 12.6. The Morgan fingerprint density at radius 1 is 1.03 bits per heavy atom. The molecule has 158 valence electrons. The van der Waals surface area contributed by atoms with E-state index in [1.807, 2.05) is 5.48 Å². The Kier molecular flexibility index (Phi) is 5.38. The van der Waals surface area contributed by atoms with Crippen LogP contribution in [0.2, 0.25) is 0 Å². The SMILES string of the molecule is CCOC(=O)c1c(-c2ccc(Oc3cccc(O)c3)cc2)oc2cc(NO)c(O)cc12. The first-order valence-electron chi connectivity index (χ1n) is 9.44. The third-order valence-electron chi connectivity index (χ3n) is 4.58. The highest BCUT2D eigenvalue weighted by molar-refractivity contribution is 6.09. The van der Waals surface area contributed by atoms with Crippen LogP contribution in [0.5, 0.6) is 23.0 Å². The third-order valence-corrected chi connectivity index (χ3v) is 4.58. The van der Waals surface area contributed by atoms with Gasteiger partial charge in [-0.05, 0) is 49.4 Å². The highest BCUT2D eigenvalue weighted by Crippen LogP contribution is 2.39. The summed E-state index contributed by atoms with van der Waals surface area (Å²) in [6.07, 6.45) is 0. The second-order valence-corrected chi connectivity index (χ2v) is 6.63. The van der Waals surface area contributed by atoms with Crippen molar-refractivity contribution in [1.29, 1.82) is 0 Å². The largest absolute Gasteiger partial charge is 0.508 e. The zero-order chi connectivity index (χ0) is 22.0. The molecule has 0 fully saturated rings. The Balaban J connectivity index is 1.75. The van der Waals surface area contributed by atoms with Crippen molar-refractivity contribution in [2.45, 2.75) is 6.92 Å². The van der Waals surface area contributed by atoms with E-state index in [1.165, 1.54) is 18.2 Å². The Morgan fingerprint density at radius 3 is 2.48 bits per heavy atom. The molecule has 0 saturated heterocycles. The Hall–Kier alpha value is -4.17. The van der Waals surface area contributed by atoms with E-state index in [4.69, 9.17) is 19.1 Å². The molecule has 0 saturated carbocycles. The number of furan rings is 1. The third kappa shape index (κ3) is 3.96. The lowest BCUT2D eigenvalue weighted by molar-refractivity contribution is 0.0528. The molecule has 4 N–H and O–H groups in total. The summed E-state index contributed by atoms with van der Waals surface area (Å²) in [6, 6.07) is 15.9. The van der Waals surface area contributed by atoms with Gasteiger partial charge in [0, 0.05) is 23.1 Å². The molecular formula is C23H19NO7. The normalized spacial score (nSPS) is 10.8. The van der Waals surface area contributed by atoms with Gasteiger partial charge in [-0.3, -0.25) is 10.7 Å². The van der Waals surface area contributed by atoms with Gasteiger partial charge in [-0.2, -0.15) is 0 Å². The number of phenols is 2. The van der Waals surface area contributed by atoms with E-state index in [9.17, 15) is 15.0 Å². The number of hydrogen-bond acceptors (Lipinski definition) is 8. The molecule has 0 aliphatic carbocycles. The molecule has 8 nitrogen and oxygen atoms in total. The summed E-state index contributed by atoms with van der Waals surface area (Å²) in [5, 5.41) is 29.1. The van der Waals surface area contributed by atoms with Crippen molar-refractivity contribution < 1.29 is 34.1 Å². The maximum absolute atomic E-state index is 12.6.